The van der Waals surface area contributed by atoms with E-state index in [-0.39, 0.29) is 0 Å². The lowest BCUT2D eigenvalue weighted by Gasteiger charge is -2.35. The van der Waals surface area contributed by atoms with Gasteiger partial charge in [0.15, 0.2) is 0 Å². The molecule has 3 rings (SSSR count). The quantitative estimate of drug-likeness (QED) is 0.796. The highest BCUT2D eigenvalue weighted by molar-refractivity contribution is 6.30. The molecule has 0 atom stereocenters. The van der Waals surface area contributed by atoms with Crippen LogP contribution in [0.25, 0.3) is 6.08 Å². The molecule has 3 nitrogen and oxygen atoms in total. The third kappa shape index (κ3) is 3.42. The second kappa shape index (κ2) is 7.12. The molecule has 1 aliphatic carbocycles. The van der Waals surface area contributed by atoms with Crippen molar-refractivity contribution >= 4 is 24.0 Å². The number of aldehydes is 1. The van der Waals surface area contributed by atoms with Gasteiger partial charge in [-0.25, -0.2) is 0 Å². The molecule has 0 spiro atoms. The predicted molar refractivity (Wildman–Crippen MR) is 88.8 cm³/mol. The maximum Gasteiger partial charge on any atom is 0.148 e. The Morgan fingerprint density at radius 1 is 1.09 bits per heavy atom. The van der Waals surface area contributed by atoms with Gasteiger partial charge >= 0.3 is 0 Å². The number of morpholine rings is 1. The molecule has 116 valence electrons. The normalized spacial score (nSPS) is 21.3. The number of allylic oxidation sites excluding steroid dienone is 2. The molecular weight excluding hydrogens is 298 g/mol. The van der Waals surface area contributed by atoms with Gasteiger partial charge in [-0.2, -0.15) is 0 Å². The zero-order valence-corrected chi connectivity index (χ0v) is 13.3. The van der Waals surface area contributed by atoms with Crippen molar-refractivity contribution in [3.63, 3.8) is 0 Å². The van der Waals surface area contributed by atoms with E-state index in [2.05, 4.69) is 11.0 Å². The predicted octanol–water partition coefficient (Wildman–Crippen LogP) is 3.69. The molecule has 0 amide bonds. The Labute approximate surface area is 136 Å². The van der Waals surface area contributed by atoms with Crippen molar-refractivity contribution < 1.29 is 9.53 Å². The third-order valence-electron chi connectivity index (χ3n) is 4.18. The van der Waals surface area contributed by atoms with Gasteiger partial charge < -0.3 is 9.64 Å². The highest BCUT2D eigenvalue weighted by Crippen LogP contribution is 2.33. The van der Waals surface area contributed by atoms with Gasteiger partial charge in [-0.15, -0.1) is 0 Å². The number of carbonyl (C=O) groups is 1. The molecular formula is C18H20ClNO2. The van der Waals surface area contributed by atoms with E-state index in [1.54, 1.807) is 0 Å². The fourth-order valence-electron chi connectivity index (χ4n) is 3.12. The van der Waals surface area contributed by atoms with E-state index in [9.17, 15) is 4.79 Å². The van der Waals surface area contributed by atoms with Crippen LogP contribution in [0.5, 0.6) is 0 Å². The van der Waals surface area contributed by atoms with Crippen LogP contribution in [0.3, 0.4) is 0 Å². The first-order valence-corrected chi connectivity index (χ1v) is 8.13. The molecule has 1 aromatic rings. The van der Waals surface area contributed by atoms with E-state index in [1.165, 1.54) is 5.57 Å². The zero-order valence-electron chi connectivity index (χ0n) is 12.6. The number of hydrogen-bond acceptors (Lipinski definition) is 3. The summed E-state index contributed by atoms with van der Waals surface area (Å²) < 4.78 is 5.44. The highest BCUT2D eigenvalue weighted by Gasteiger charge is 2.23. The lowest BCUT2D eigenvalue weighted by atomic mass is 9.90. The van der Waals surface area contributed by atoms with Crippen LogP contribution < -0.4 is 0 Å². The molecule has 0 aromatic heterocycles. The molecule has 1 aromatic carbocycles. The number of rotatable bonds is 3. The number of ether oxygens (including phenoxy) is 1. The van der Waals surface area contributed by atoms with Gasteiger partial charge in [0.1, 0.15) is 6.29 Å². The van der Waals surface area contributed by atoms with E-state index in [4.69, 9.17) is 16.3 Å². The fraction of sp³-hybridized carbons (Fsp3) is 0.389. The summed E-state index contributed by atoms with van der Waals surface area (Å²) in [5.41, 5.74) is 4.42. The van der Waals surface area contributed by atoms with Gasteiger partial charge in [-0.05, 0) is 48.6 Å². The maximum atomic E-state index is 11.5. The van der Waals surface area contributed by atoms with Gasteiger partial charge in [0.25, 0.3) is 0 Å². The molecule has 1 aliphatic heterocycles. The molecule has 4 heteroatoms. The molecule has 0 saturated carbocycles. The Balaban J connectivity index is 1.96. The number of nitrogens with zero attached hydrogens (tertiary/aromatic N) is 1. The Morgan fingerprint density at radius 3 is 2.50 bits per heavy atom. The Hall–Kier alpha value is -1.58. The van der Waals surface area contributed by atoms with Gasteiger partial charge in [-0.1, -0.05) is 23.7 Å². The lowest BCUT2D eigenvalue weighted by Crippen LogP contribution is -2.37. The monoisotopic (exact) mass is 317 g/mol. The molecule has 2 aliphatic rings. The molecule has 0 radical (unpaired) electrons. The zero-order chi connectivity index (χ0) is 15.4. The molecule has 22 heavy (non-hydrogen) atoms. The number of benzene rings is 1. The van der Waals surface area contributed by atoms with Crippen molar-refractivity contribution in [2.75, 3.05) is 26.3 Å². The van der Waals surface area contributed by atoms with E-state index < -0.39 is 0 Å². The molecule has 1 saturated heterocycles. The summed E-state index contributed by atoms with van der Waals surface area (Å²) in [5.74, 6) is 0. The Bertz CT molecular complexity index is 598. The van der Waals surface area contributed by atoms with Crippen LogP contribution in [0, 0.1) is 0 Å². The van der Waals surface area contributed by atoms with Crippen LogP contribution in [-0.2, 0) is 9.53 Å². The third-order valence-corrected chi connectivity index (χ3v) is 4.43. The second-order valence-corrected chi connectivity index (χ2v) is 6.10. The van der Waals surface area contributed by atoms with Crippen LogP contribution >= 0.6 is 11.6 Å². The van der Waals surface area contributed by atoms with Crippen LogP contribution in [0.1, 0.15) is 24.8 Å². The highest BCUT2D eigenvalue weighted by atomic mass is 35.5. The fourth-order valence-corrected chi connectivity index (χ4v) is 3.25. The SMILES string of the molecule is O=CC1=C(N2CCOCC2)/C(=C\c2ccc(Cl)cc2)CCC1. The Morgan fingerprint density at radius 2 is 1.82 bits per heavy atom. The van der Waals surface area contributed by atoms with Gasteiger partial charge in [0.2, 0.25) is 0 Å². The molecule has 1 fully saturated rings. The number of carbonyl (C=O) groups excluding carboxylic acids is 1. The van der Waals surface area contributed by atoms with E-state index in [0.717, 1.165) is 73.7 Å². The summed E-state index contributed by atoms with van der Waals surface area (Å²) >= 11 is 5.95. The van der Waals surface area contributed by atoms with Crippen LogP contribution in [-0.4, -0.2) is 37.5 Å². The number of hydrogen-bond donors (Lipinski definition) is 0. The summed E-state index contributed by atoms with van der Waals surface area (Å²) in [7, 11) is 0. The first-order valence-electron chi connectivity index (χ1n) is 7.75. The average Bonchev–Trinajstić information content (AvgIpc) is 2.57. The van der Waals surface area contributed by atoms with Gasteiger partial charge in [-0.3, -0.25) is 4.79 Å². The van der Waals surface area contributed by atoms with Crippen molar-refractivity contribution in [3.8, 4) is 0 Å². The molecule has 0 unspecified atom stereocenters. The summed E-state index contributed by atoms with van der Waals surface area (Å²) in [6, 6.07) is 7.83. The second-order valence-electron chi connectivity index (χ2n) is 5.67. The van der Waals surface area contributed by atoms with Crippen molar-refractivity contribution in [2.45, 2.75) is 19.3 Å². The van der Waals surface area contributed by atoms with E-state index in [1.807, 2.05) is 24.3 Å². The minimum absolute atomic E-state index is 0.726. The molecule has 1 heterocycles. The maximum absolute atomic E-state index is 11.5. The lowest BCUT2D eigenvalue weighted by molar-refractivity contribution is -0.105. The van der Waals surface area contributed by atoms with E-state index >= 15 is 0 Å². The first kappa shape index (κ1) is 15.3. The van der Waals surface area contributed by atoms with Crippen molar-refractivity contribution in [1.82, 2.24) is 4.90 Å². The summed E-state index contributed by atoms with van der Waals surface area (Å²) in [6.45, 7) is 3.16. The van der Waals surface area contributed by atoms with Crippen molar-refractivity contribution in [2.24, 2.45) is 0 Å². The minimum Gasteiger partial charge on any atom is -0.378 e. The topological polar surface area (TPSA) is 29.5 Å². The smallest absolute Gasteiger partial charge is 0.148 e. The molecule has 0 N–H and O–H groups in total. The molecule has 0 bridgehead atoms. The summed E-state index contributed by atoms with van der Waals surface area (Å²) in [4.78, 5) is 13.8. The van der Waals surface area contributed by atoms with Crippen molar-refractivity contribution in [3.05, 3.63) is 51.7 Å². The van der Waals surface area contributed by atoms with Gasteiger partial charge in [0, 0.05) is 29.4 Å². The van der Waals surface area contributed by atoms with Crippen molar-refractivity contribution in [1.29, 1.82) is 0 Å². The number of halogens is 1. The van der Waals surface area contributed by atoms with E-state index in [0.29, 0.717) is 0 Å². The van der Waals surface area contributed by atoms with Crippen LogP contribution in [0.4, 0.5) is 0 Å². The largest absolute Gasteiger partial charge is 0.378 e. The Kier molecular flexibility index (Phi) is 4.96. The summed E-state index contributed by atoms with van der Waals surface area (Å²) in [6.07, 6.45) is 6.12. The van der Waals surface area contributed by atoms with Gasteiger partial charge in [0.05, 0.1) is 13.2 Å². The average molecular weight is 318 g/mol. The van der Waals surface area contributed by atoms with Crippen LogP contribution in [0.15, 0.2) is 41.1 Å². The first-order chi connectivity index (χ1) is 10.8. The summed E-state index contributed by atoms with van der Waals surface area (Å²) in [5, 5.41) is 0.739. The minimum atomic E-state index is 0.726. The van der Waals surface area contributed by atoms with Crippen LogP contribution in [0.2, 0.25) is 5.02 Å². The standard InChI is InChI=1S/C18H20ClNO2/c19-17-6-4-14(5-7-17)12-15-2-1-3-16(13-21)18(15)20-8-10-22-11-9-20/h4-7,12-13H,1-3,8-11H2/b15-12-.